The van der Waals surface area contributed by atoms with Crippen LogP contribution in [0.5, 0.6) is 0 Å². The fourth-order valence-electron chi connectivity index (χ4n) is 3.09. The number of benzene rings is 2. The first kappa shape index (κ1) is 44.4. The molecule has 0 radical (unpaired) electrons. The molecule has 2 amide bonds. The zero-order chi connectivity index (χ0) is 35.0. The predicted octanol–water partition coefficient (Wildman–Crippen LogP) is 7.16. The molecule has 0 saturated carbocycles. The molecule has 0 aliphatic carbocycles. The molecule has 0 saturated heterocycles. The number of nitrogens with zero attached hydrogens (tertiary/aromatic N) is 1. The highest BCUT2D eigenvalue weighted by atomic mass is 19.4. The number of aliphatic hydroxyl groups excluding tert-OH is 1. The van der Waals surface area contributed by atoms with Gasteiger partial charge in [0.25, 0.3) is 6.47 Å². The van der Waals surface area contributed by atoms with Crippen LogP contribution in [0, 0.1) is 17.3 Å². The molecule has 3 rings (SSSR count). The van der Waals surface area contributed by atoms with E-state index in [0.29, 0.717) is 13.0 Å². The summed E-state index contributed by atoms with van der Waals surface area (Å²) in [6, 6.07) is 21.1. The first-order chi connectivity index (χ1) is 20.4. The van der Waals surface area contributed by atoms with Crippen LogP contribution in [0.1, 0.15) is 68.2 Å². The number of hydrogen-bond acceptors (Lipinski definition) is 5. The maximum absolute atomic E-state index is 11.9. The average Bonchev–Trinajstić information content (AvgIpc) is 2.95. The van der Waals surface area contributed by atoms with Crippen LogP contribution in [-0.4, -0.2) is 65.1 Å². The standard InChI is InChI=1S/C12H19NO.C12H10.C5H8F3NO2.C2H6.CH2O2.CH4O/c1-10-7-5-6-8-13(10)11(14)9-12(2,3)4;1-3-7-11(8-4-1)12-9-5-2-6-10-12;1-4(2,5(6,7)8)11-3(9)10;1-2;2-1-3;1-2/h10H,7-9H2,1-4H3;1-10H;1-2H3,(H2,9,10);1-2H3;1H,(H,2,3);2H,1H3/t10-;;;;;/m1...../s1. The summed E-state index contributed by atoms with van der Waals surface area (Å²) in [6.45, 7) is 14.1. The normalized spacial score (nSPS) is 13.2. The number of alkyl halides is 3. The Hall–Kier alpha value is -4.04. The maximum Gasteiger partial charge on any atom is 0.427 e. The van der Waals surface area contributed by atoms with E-state index < -0.39 is 17.9 Å². The van der Waals surface area contributed by atoms with Gasteiger partial charge in [-0.1, -0.05) is 107 Å². The Morgan fingerprint density at radius 1 is 0.932 bits per heavy atom. The summed E-state index contributed by atoms with van der Waals surface area (Å²) in [5.41, 5.74) is 4.52. The van der Waals surface area contributed by atoms with Gasteiger partial charge in [0.15, 0.2) is 0 Å². The van der Waals surface area contributed by atoms with Crippen LogP contribution < -0.4 is 5.73 Å². The smallest absolute Gasteiger partial charge is 0.427 e. The third kappa shape index (κ3) is 20.8. The summed E-state index contributed by atoms with van der Waals surface area (Å²) < 4.78 is 39.4. The molecule has 11 heteroatoms. The highest BCUT2D eigenvalue weighted by Gasteiger charge is 2.50. The van der Waals surface area contributed by atoms with E-state index in [4.69, 9.17) is 15.0 Å². The van der Waals surface area contributed by atoms with Gasteiger partial charge in [0, 0.05) is 26.0 Å². The van der Waals surface area contributed by atoms with Gasteiger partial charge < -0.3 is 25.6 Å². The van der Waals surface area contributed by atoms with E-state index in [2.05, 4.69) is 98.5 Å². The van der Waals surface area contributed by atoms with E-state index in [9.17, 15) is 22.8 Å². The Bertz CT molecular complexity index is 1070. The van der Waals surface area contributed by atoms with Crippen molar-refractivity contribution in [3.05, 3.63) is 60.7 Å². The first-order valence-corrected chi connectivity index (χ1v) is 13.9. The molecule has 8 nitrogen and oxygen atoms in total. The summed E-state index contributed by atoms with van der Waals surface area (Å²) in [4.78, 5) is 32.1. The number of rotatable bonds is 3. The molecule has 0 aromatic heterocycles. The molecule has 0 spiro atoms. The number of halogens is 3. The number of carbonyl (C=O) groups excluding carboxylic acids is 2. The van der Waals surface area contributed by atoms with Crippen molar-refractivity contribution < 1.29 is 42.5 Å². The maximum atomic E-state index is 11.9. The third-order valence-electron chi connectivity index (χ3n) is 5.23. The lowest BCUT2D eigenvalue weighted by atomic mass is 9.91. The van der Waals surface area contributed by atoms with Crippen LogP contribution in [0.2, 0.25) is 0 Å². The van der Waals surface area contributed by atoms with Crippen molar-refractivity contribution in [3.8, 4) is 23.0 Å². The lowest BCUT2D eigenvalue weighted by molar-refractivity contribution is -0.243. The molecule has 1 atom stereocenters. The van der Waals surface area contributed by atoms with Crippen LogP contribution in [0.15, 0.2) is 60.7 Å². The van der Waals surface area contributed by atoms with E-state index in [-0.39, 0.29) is 23.8 Å². The fourth-order valence-corrected chi connectivity index (χ4v) is 3.09. The van der Waals surface area contributed by atoms with Crippen LogP contribution >= 0.6 is 0 Å². The zero-order valence-corrected chi connectivity index (χ0v) is 27.2. The number of carbonyl (C=O) groups is 3. The molecule has 44 heavy (non-hydrogen) atoms. The van der Waals surface area contributed by atoms with Gasteiger partial charge in [-0.15, -0.1) is 0 Å². The first-order valence-electron chi connectivity index (χ1n) is 13.9. The second-order valence-electron chi connectivity index (χ2n) is 10.4. The van der Waals surface area contributed by atoms with E-state index in [0.717, 1.165) is 27.4 Å². The highest BCUT2D eigenvalue weighted by Crippen LogP contribution is 2.32. The lowest BCUT2D eigenvalue weighted by Gasteiger charge is -2.31. The van der Waals surface area contributed by atoms with Crippen molar-refractivity contribution in [3.63, 3.8) is 0 Å². The monoisotopic (exact) mass is 626 g/mol. The molecular weight excluding hydrogens is 577 g/mol. The Labute approximate surface area is 260 Å². The number of ether oxygens (including phenoxy) is 1. The largest absolute Gasteiger partial charge is 0.483 e. The van der Waals surface area contributed by atoms with Gasteiger partial charge >= 0.3 is 12.3 Å². The van der Waals surface area contributed by atoms with Gasteiger partial charge in [0.2, 0.25) is 11.5 Å². The summed E-state index contributed by atoms with van der Waals surface area (Å²) in [5.74, 6) is 6.26. The topological polar surface area (TPSA) is 130 Å². The molecule has 0 fully saturated rings. The molecule has 1 heterocycles. The van der Waals surface area contributed by atoms with Crippen LogP contribution in [-0.2, 0) is 14.3 Å². The quantitative estimate of drug-likeness (QED) is 0.245. The Balaban J connectivity index is -0.000000522. The summed E-state index contributed by atoms with van der Waals surface area (Å²) >= 11 is 0. The molecule has 4 N–H and O–H groups in total. The summed E-state index contributed by atoms with van der Waals surface area (Å²) in [5, 5.41) is 13.9. The van der Waals surface area contributed by atoms with E-state index >= 15 is 0 Å². The SMILES string of the molecule is CC.CC(C)(OC(N)=O)C(F)(F)F.CO.C[C@@H]1CC#CCN1C(=O)CC(C)(C)C.O=CO.c1ccc(-c2ccccc2)cc1. The molecule has 1 aliphatic heterocycles. The molecule has 2 aromatic rings. The van der Waals surface area contributed by atoms with Crippen molar-refractivity contribution in [2.75, 3.05) is 13.7 Å². The molecule has 248 valence electrons. The van der Waals surface area contributed by atoms with Crippen molar-refractivity contribution in [2.24, 2.45) is 11.1 Å². The average molecular weight is 627 g/mol. The molecular formula is C33H49F3N2O6. The Morgan fingerprint density at radius 3 is 1.59 bits per heavy atom. The molecule has 2 aromatic carbocycles. The highest BCUT2D eigenvalue weighted by molar-refractivity contribution is 5.77. The zero-order valence-electron chi connectivity index (χ0n) is 27.2. The lowest BCUT2D eigenvalue weighted by Crippen LogP contribution is -2.44. The van der Waals surface area contributed by atoms with Gasteiger partial charge in [0.1, 0.15) is 0 Å². The summed E-state index contributed by atoms with van der Waals surface area (Å²) in [7, 11) is 1.00. The Kier molecular flexibility index (Phi) is 23.6. The van der Waals surface area contributed by atoms with Gasteiger partial charge in [0.05, 0.1) is 6.54 Å². The minimum absolute atomic E-state index is 0.0711. The van der Waals surface area contributed by atoms with E-state index in [1.165, 1.54) is 11.1 Å². The minimum atomic E-state index is -4.60. The molecule has 1 aliphatic rings. The van der Waals surface area contributed by atoms with Crippen molar-refractivity contribution in [1.29, 1.82) is 0 Å². The second kappa shape index (κ2) is 23.4. The summed E-state index contributed by atoms with van der Waals surface area (Å²) in [6.07, 6.45) is -4.61. The Morgan fingerprint density at radius 2 is 1.32 bits per heavy atom. The van der Waals surface area contributed by atoms with Gasteiger partial charge in [-0.25, -0.2) is 4.79 Å². The third-order valence-corrected chi connectivity index (χ3v) is 5.23. The number of aliphatic hydroxyl groups is 1. The van der Waals surface area contributed by atoms with Crippen molar-refractivity contribution >= 4 is 18.5 Å². The fraction of sp³-hybridized carbons (Fsp3) is 0.485. The van der Waals surface area contributed by atoms with Crippen LogP contribution in [0.3, 0.4) is 0 Å². The number of carboxylic acid groups (broad SMARTS) is 1. The van der Waals surface area contributed by atoms with E-state index in [1.807, 2.05) is 30.9 Å². The van der Waals surface area contributed by atoms with Gasteiger partial charge in [-0.3, -0.25) is 9.59 Å². The molecule has 0 unspecified atom stereocenters. The van der Waals surface area contributed by atoms with Crippen LogP contribution in [0.25, 0.3) is 11.1 Å². The second-order valence-corrected chi connectivity index (χ2v) is 10.4. The van der Waals surface area contributed by atoms with Crippen molar-refractivity contribution in [1.82, 2.24) is 4.90 Å². The number of nitrogens with two attached hydrogens (primary N) is 1. The predicted molar refractivity (Wildman–Crippen MR) is 169 cm³/mol. The van der Waals surface area contributed by atoms with E-state index in [1.54, 1.807) is 0 Å². The minimum Gasteiger partial charge on any atom is -0.483 e. The van der Waals surface area contributed by atoms with Crippen LogP contribution in [0.4, 0.5) is 18.0 Å². The van der Waals surface area contributed by atoms with Gasteiger partial charge in [-0.05, 0) is 37.3 Å². The number of amides is 2. The number of primary amides is 1. The number of hydrogen-bond donors (Lipinski definition) is 3. The van der Waals surface area contributed by atoms with Gasteiger partial charge in [-0.2, -0.15) is 13.2 Å². The molecule has 0 bridgehead atoms. The van der Waals surface area contributed by atoms with Crippen molar-refractivity contribution in [2.45, 2.75) is 86.1 Å².